The minimum Gasteiger partial charge on any atom is -0.494 e. The summed E-state index contributed by atoms with van der Waals surface area (Å²) in [6, 6.07) is 21.6. The van der Waals surface area contributed by atoms with Crippen LogP contribution in [0.15, 0.2) is 77.2 Å². The van der Waals surface area contributed by atoms with Crippen LogP contribution in [-0.4, -0.2) is 18.9 Å². The summed E-state index contributed by atoms with van der Waals surface area (Å²) in [7, 11) is 1.50. The van der Waals surface area contributed by atoms with Gasteiger partial charge in [0.05, 0.1) is 12.8 Å². The van der Waals surface area contributed by atoms with Crippen LogP contribution in [0.4, 0.5) is 11.4 Å². The van der Waals surface area contributed by atoms with Crippen molar-refractivity contribution in [3.63, 3.8) is 0 Å². The molecule has 31 heavy (non-hydrogen) atoms. The molecule has 0 fully saturated rings. The lowest BCUT2D eigenvalue weighted by atomic mass is 10.1. The minimum absolute atomic E-state index is 0.205. The number of nitrogens with one attached hydrogen (secondary N) is 2. The topological polar surface area (TPSA) is 80.6 Å². The van der Waals surface area contributed by atoms with E-state index in [2.05, 4.69) is 17.6 Å². The van der Waals surface area contributed by atoms with Gasteiger partial charge in [0, 0.05) is 22.7 Å². The second-order valence-electron chi connectivity index (χ2n) is 7.02. The standard InChI is InChI=1S/C25H22N2O4/c1-3-16-8-10-17(11-9-16)24(28)26-19-12-13-20(22(15-19)30-2)27-25(29)23-14-18-6-4-5-7-21(18)31-23/h4-15H,3H2,1-2H3,(H,26,28)(H,27,29). The number of anilines is 2. The molecule has 156 valence electrons. The predicted octanol–water partition coefficient (Wildman–Crippen LogP) is 5.51. The Bertz CT molecular complexity index is 1210. The van der Waals surface area contributed by atoms with Gasteiger partial charge in [0.25, 0.3) is 11.8 Å². The Morgan fingerprint density at radius 3 is 2.39 bits per heavy atom. The molecule has 0 aliphatic rings. The van der Waals surface area contributed by atoms with E-state index >= 15 is 0 Å². The third kappa shape index (κ3) is 4.43. The number of benzene rings is 3. The van der Waals surface area contributed by atoms with Gasteiger partial charge in [0.1, 0.15) is 11.3 Å². The van der Waals surface area contributed by atoms with Gasteiger partial charge in [-0.2, -0.15) is 0 Å². The maximum Gasteiger partial charge on any atom is 0.291 e. The Morgan fingerprint density at radius 1 is 0.903 bits per heavy atom. The van der Waals surface area contributed by atoms with Gasteiger partial charge in [-0.1, -0.05) is 37.3 Å². The fourth-order valence-electron chi connectivity index (χ4n) is 3.25. The van der Waals surface area contributed by atoms with Gasteiger partial charge in [-0.3, -0.25) is 9.59 Å². The summed E-state index contributed by atoms with van der Waals surface area (Å²) in [6.07, 6.45) is 0.917. The lowest BCUT2D eigenvalue weighted by Gasteiger charge is -2.12. The number of hydrogen-bond acceptors (Lipinski definition) is 4. The van der Waals surface area contributed by atoms with E-state index in [0.717, 1.165) is 11.8 Å². The van der Waals surface area contributed by atoms with Crippen LogP contribution in [0.1, 0.15) is 33.4 Å². The average Bonchev–Trinajstić information content (AvgIpc) is 3.24. The van der Waals surface area contributed by atoms with Crippen LogP contribution in [-0.2, 0) is 6.42 Å². The number of carbonyl (C=O) groups is 2. The fourth-order valence-corrected chi connectivity index (χ4v) is 3.25. The van der Waals surface area contributed by atoms with Crippen molar-refractivity contribution in [3.8, 4) is 5.75 Å². The molecule has 4 aromatic rings. The molecule has 2 amide bonds. The quantitative estimate of drug-likeness (QED) is 0.436. The first-order valence-corrected chi connectivity index (χ1v) is 9.95. The van der Waals surface area contributed by atoms with Crippen LogP contribution in [0.3, 0.4) is 0 Å². The summed E-state index contributed by atoms with van der Waals surface area (Å²) < 4.78 is 11.0. The summed E-state index contributed by atoms with van der Waals surface area (Å²) >= 11 is 0. The van der Waals surface area contributed by atoms with Gasteiger partial charge in [0.15, 0.2) is 5.76 Å². The molecule has 0 atom stereocenters. The molecule has 2 N–H and O–H groups in total. The third-order valence-corrected chi connectivity index (χ3v) is 4.98. The predicted molar refractivity (Wildman–Crippen MR) is 121 cm³/mol. The van der Waals surface area contributed by atoms with Crippen molar-refractivity contribution in [2.45, 2.75) is 13.3 Å². The molecular formula is C25H22N2O4. The summed E-state index contributed by atoms with van der Waals surface area (Å²) in [6.45, 7) is 2.07. The number of aryl methyl sites for hydroxylation is 1. The summed E-state index contributed by atoms with van der Waals surface area (Å²) in [5.41, 5.74) is 3.41. The van der Waals surface area contributed by atoms with Crippen LogP contribution in [0.5, 0.6) is 5.75 Å². The van der Waals surface area contributed by atoms with E-state index in [-0.39, 0.29) is 17.6 Å². The lowest BCUT2D eigenvalue weighted by molar-refractivity contribution is 0.0996. The van der Waals surface area contributed by atoms with Gasteiger partial charge in [-0.15, -0.1) is 0 Å². The maximum atomic E-state index is 12.6. The summed E-state index contributed by atoms with van der Waals surface area (Å²) in [5.74, 6) is 0.0193. The number of rotatable bonds is 6. The normalized spacial score (nSPS) is 10.6. The van der Waals surface area contributed by atoms with Crippen molar-refractivity contribution in [1.29, 1.82) is 0 Å². The number of amides is 2. The highest BCUT2D eigenvalue weighted by atomic mass is 16.5. The Kier molecular flexibility index (Phi) is 5.71. The van der Waals surface area contributed by atoms with E-state index in [9.17, 15) is 9.59 Å². The largest absolute Gasteiger partial charge is 0.494 e. The van der Waals surface area contributed by atoms with Gasteiger partial charge in [-0.25, -0.2) is 0 Å². The highest BCUT2D eigenvalue weighted by Crippen LogP contribution is 2.29. The number of carbonyl (C=O) groups excluding carboxylic acids is 2. The van der Waals surface area contributed by atoms with Crippen LogP contribution < -0.4 is 15.4 Å². The molecule has 1 aromatic heterocycles. The van der Waals surface area contributed by atoms with Crippen LogP contribution >= 0.6 is 0 Å². The molecule has 0 bridgehead atoms. The first-order valence-electron chi connectivity index (χ1n) is 9.95. The second-order valence-corrected chi connectivity index (χ2v) is 7.02. The van der Waals surface area contributed by atoms with Crippen molar-refractivity contribution in [2.24, 2.45) is 0 Å². The van der Waals surface area contributed by atoms with E-state index in [4.69, 9.17) is 9.15 Å². The Labute approximate surface area is 179 Å². The molecular weight excluding hydrogens is 392 g/mol. The van der Waals surface area contributed by atoms with Gasteiger partial charge in [-0.05, 0) is 48.4 Å². The van der Waals surface area contributed by atoms with Crippen molar-refractivity contribution in [3.05, 3.63) is 89.7 Å². The summed E-state index contributed by atoms with van der Waals surface area (Å²) in [4.78, 5) is 25.1. The average molecular weight is 414 g/mol. The molecule has 0 saturated carbocycles. The molecule has 0 radical (unpaired) electrons. The lowest BCUT2D eigenvalue weighted by Crippen LogP contribution is -2.13. The molecule has 6 nitrogen and oxygen atoms in total. The highest BCUT2D eigenvalue weighted by Gasteiger charge is 2.15. The number of furan rings is 1. The van der Waals surface area contributed by atoms with E-state index in [1.54, 1.807) is 42.5 Å². The zero-order valence-corrected chi connectivity index (χ0v) is 17.3. The maximum absolute atomic E-state index is 12.6. The third-order valence-electron chi connectivity index (χ3n) is 4.98. The first-order chi connectivity index (χ1) is 15.1. The SMILES string of the molecule is CCc1ccc(C(=O)Nc2ccc(NC(=O)c3cc4ccccc4o3)c(OC)c2)cc1. The number of ether oxygens (including phenoxy) is 1. The Balaban J connectivity index is 1.49. The number of methoxy groups -OCH3 is 1. The van der Waals surface area contributed by atoms with Crippen LogP contribution in [0.25, 0.3) is 11.0 Å². The van der Waals surface area contributed by atoms with E-state index < -0.39 is 0 Å². The smallest absolute Gasteiger partial charge is 0.291 e. The van der Waals surface area contributed by atoms with Gasteiger partial charge in [0.2, 0.25) is 0 Å². The van der Waals surface area contributed by atoms with Crippen LogP contribution in [0, 0.1) is 0 Å². The first kappa shape index (κ1) is 20.2. The van der Waals surface area contributed by atoms with E-state index in [0.29, 0.717) is 28.3 Å². The molecule has 0 unspecified atom stereocenters. The van der Waals surface area contributed by atoms with E-state index in [1.807, 2.05) is 30.3 Å². The van der Waals surface area contributed by atoms with Crippen molar-refractivity contribution < 1.29 is 18.7 Å². The highest BCUT2D eigenvalue weighted by molar-refractivity contribution is 6.06. The minimum atomic E-state index is -0.387. The molecule has 6 heteroatoms. The molecule has 0 aliphatic carbocycles. The molecule has 1 heterocycles. The van der Waals surface area contributed by atoms with Crippen molar-refractivity contribution in [1.82, 2.24) is 0 Å². The molecule has 0 saturated heterocycles. The van der Waals surface area contributed by atoms with Gasteiger partial charge >= 0.3 is 0 Å². The molecule has 4 rings (SSSR count). The number of hydrogen-bond donors (Lipinski definition) is 2. The number of para-hydroxylation sites is 1. The second kappa shape index (κ2) is 8.75. The Hall–Kier alpha value is -4.06. The zero-order valence-electron chi connectivity index (χ0n) is 17.3. The molecule has 0 aliphatic heterocycles. The molecule has 3 aromatic carbocycles. The molecule has 0 spiro atoms. The summed E-state index contributed by atoms with van der Waals surface area (Å²) in [5, 5.41) is 6.49. The van der Waals surface area contributed by atoms with E-state index in [1.165, 1.54) is 12.7 Å². The Morgan fingerprint density at radius 2 is 1.68 bits per heavy atom. The zero-order chi connectivity index (χ0) is 21.8. The van der Waals surface area contributed by atoms with Gasteiger partial charge < -0.3 is 19.8 Å². The van der Waals surface area contributed by atoms with Crippen molar-refractivity contribution >= 4 is 34.2 Å². The monoisotopic (exact) mass is 414 g/mol. The van der Waals surface area contributed by atoms with Crippen LogP contribution in [0.2, 0.25) is 0 Å². The van der Waals surface area contributed by atoms with Crippen molar-refractivity contribution in [2.75, 3.05) is 17.7 Å². The number of fused-ring (bicyclic) bond motifs is 1. The fraction of sp³-hybridized carbons (Fsp3) is 0.120.